The van der Waals surface area contributed by atoms with E-state index in [1.807, 2.05) is 19.1 Å². The molecule has 3 aromatic heterocycles. The van der Waals surface area contributed by atoms with Crippen LogP contribution >= 0.6 is 0 Å². The van der Waals surface area contributed by atoms with Crippen molar-refractivity contribution in [1.82, 2.24) is 29.7 Å². The SMILES string of the molecule is Cc1cccn2c(=O)cc(CN3CC[C@@](O)(c4cn[nH]n4)C3)nc12. The van der Waals surface area contributed by atoms with Gasteiger partial charge in [0.2, 0.25) is 0 Å². The molecular formula is C16H18N6O2. The van der Waals surface area contributed by atoms with E-state index in [1.54, 1.807) is 22.9 Å². The number of nitrogens with zero attached hydrogens (tertiary/aromatic N) is 5. The second-order valence-corrected chi connectivity index (χ2v) is 6.32. The monoisotopic (exact) mass is 326 g/mol. The van der Waals surface area contributed by atoms with Crippen LogP contribution in [-0.2, 0) is 12.1 Å². The van der Waals surface area contributed by atoms with Crippen LogP contribution in [0.1, 0.15) is 23.4 Å². The van der Waals surface area contributed by atoms with Crippen molar-refractivity contribution in [3.8, 4) is 0 Å². The Labute approximate surface area is 137 Å². The van der Waals surface area contributed by atoms with Crippen LogP contribution in [0.3, 0.4) is 0 Å². The molecule has 1 aliphatic heterocycles. The molecule has 1 atom stereocenters. The average molecular weight is 326 g/mol. The zero-order valence-electron chi connectivity index (χ0n) is 13.3. The van der Waals surface area contributed by atoms with E-state index < -0.39 is 5.60 Å². The van der Waals surface area contributed by atoms with E-state index in [0.29, 0.717) is 43.1 Å². The lowest BCUT2D eigenvalue weighted by Gasteiger charge is -2.20. The molecule has 0 saturated carbocycles. The number of fused-ring (bicyclic) bond motifs is 1. The minimum atomic E-state index is -1.01. The second-order valence-electron chi connectivity index (χ2n) is 6.32. The van der Waals surface area contributed by atoms with Crippen LogP contribution in [0.5, 0.6) is 0 Å². The third-order valence-corrected chi connectivity index (χ3v) is 4.54. The zero-order valence-corrected chi connectivity index (χ0v) is 13.3. The van der Waals surface area contributed by atoms with E-state index in [9.17, 15) is 9.90 Å². The molecule has 1 aliphatic rings. The quantitative estimate of drug-likeness (QED) is 0.714. The number of rotatable bonds is 3. The van der Waals surface area contributed by atoms with Gasteiger partial charge in [0.25, 0.3) is 5.56 Å². The van der Waals surface area contributed by atoms with Gasteiger partial charge in [0, 0.05) is 31.9 Å². The van der Waals surface area contributed by atoms with E-state index in [2.05, 4.69) is 25.3 Å². The number of aliphatic hydroxyl groups is 1. The van der Waals surface area contributed by atoms with Gasteiger partial charge in [0.15, 0.2) is 0 Å². The Bertz CT molecular complexity index is 935. The molecule has 1 fully saturated rings. The summed E-state index contributed by atoms with van der Waals surface area (Å²) in [5, 5.41) is 21.0. The van der Waals surface area contributed by atoms with Gasteiger partial charge >= 0.3 is 0 Å². The molecule has 0 spiro atoms. The largest absolute Gasteiger partial charge is 0.382 e. The normalized spacial score (nSPS) is 21.6. The maximum Gasteiger partial charge on any atom is 0.258 e. The average Bonchev–Trinajstić information content (AvgIpc) is 3.20. The standard InChI is InChI=1S/C16H18N6O2/c1-11-3-2-5-22-14(23)7-12(18-15(11)22)9-21-6-4-16(24,10-21)13-8-17-20-19-13/h2-3,5,7-8,24H,4,6,9-10H2,1H3,(H,17,19,20)/t16-/m0/s1. The summed E-state index contributed by atoms with van der Waals surface area (Å²) in [7, 11) is 0. The van der Waals surface area contributed by atoms with Crippen molar-refractivity contribution in [3.05, 3.63) is 57.9 Å². The molecule has 4 heterocycles. The lowest BCUT2D eigenvalue weighted by Crippen LogP contribution is -2.31. The van der Waals surface area contributed by atoms with Gasteiger partial charge in [-0.25, -0.2) is 4.98 Å². The van der Waals surface area contributed by atoms with Crippen LogP contribution in [-0.4, -0.2) is 47.9 Å². The van der Waals surface area contributed by atoms with Crippen molar-refractivity contribution in [2.45, 2.75) is 25.5 Å². The van der Waals surface area contributed by atoms with Crippen LogP contribution in [0.4, 0.5) is 0 Å². The molecule has 124 valence electrons. The first-order chi connectivity index (χ1) is 11.5. The van der Waals surface area contributed by atoms with Gasteiger partial charge in [-0.2, -0.15) is 15.4 Å². The lowest BCUT2D eigenvalue weighted by atomic mass is 10.0. The molecule has 8 heteroatoms. The van der Waals surface area contributed by atoms with Gasteiger partial charge in [0.1, 0.15) is 16.9 Å². The number of aryl methyl sites for hydroxylation is 1. The summed E-state index contributed by atoms with van der Waals surface area (Å²) >= 11 is 0. The van der Waals surface area contributed by atoms with Gasteiger partial charge in [0.05, 0.1) is 11.9 Å². The molecular weight excluding hydrogens is 308 g/mol. The summed E-state index contributed by atoms with van der Waals surface area (Å²) in [6.45, 7) is 3.59. The number of pyridine rings is 1. The van der Waals surface area contributed by atoms with Crippen molar-refractivity contribution >= 4 is 5.65 Å². The van der Waals surface area contributed by atoms with E-state index in [1.165, 1.54) is 0 Å². The van der Waals surface area contributed by atoms with Crippen LogP contribution in [0.25, 0.3) is 5.65 Å². The maximum atomic E-state index is 12.3. The molecule has 1 saturated heterocycles. The summed E-state index contributed by atoms with van der Waals surface area (Å²) in [5.41, 5.74) is 1.79. The number of H-pyrrole nitrogens is 1. The summed E-state index contributed by atoms with van der Waals surface area (Å²) in [5.74, 6) is 0. The molecule has 24 heavy (non-hydrogen) atoms. The first-order valence-electron chi connectivity index (χ1n) is 7.84. The van der Waals surface area contributed by atoms with Crippen molar-refractivity contribution in [3.63, 3.8) is 0 Å². The number of nitrogens with one attached hydrogen (secondary N) is 1. The van der Waals surface area contributed by atoms with Gasteiger partial charge < -0.3 is 5.11 Å². The minimum absolute atomic E-state index is 0.0929. The Kier molecular flexibility index (Phi) is 3.43. The Morgan fingerprint density at radius 1 is 1.46 bits per heavy atom. The molecule has 0 bridgehead atoms. The number of likely N-dealkylation sites (tertiary alicyclic amines) is 1. The molecule has 0 aliphatic carbocycles. The van der Waals surface area contributed by atoms with Gasteiger partial charge in [-0.15, -0.1) is 0 Å². The van der Waals surface area contributed by atoms with E-state index in [4.69, 9.17) is 0 Å². The lowest BCUT2D eigenvalue weighted by molar-refractivity contribution is 0.0407. The first-order valence-corrected chi connectivity index (χ1v) is 7.84. The van der Waals surface area contributed by atoms with Crippen molar-refractivity contribution < 1.29 is 5.11 Å². The summed E-state index contributed by atoms with van der Waals surface area (Å²) in [4.78, 5) is 19.0. The number of aromatic nitrogens is 5. The second kappa shape index (κ2) is 5.50. The van der Waals surface area contributed by atoms with Crippen molar-refractivity contribution in [2.75, 3.05) is 13.1 Å². The Morgan fingerprint density at radius 2 is 2.33 bits per heavy atom. The first kappa shape index (κ1) is 15.0. The fourth-order valence-corrected chi connectivity index (χ4v) is 3.26. The van der Waals surface area contributed by atoms with Crippen LogP contribution < -0.4 is 5.56 Å². The minimum Gasteiger partial charge on any atom is -0.382 e. The predicted octanol–water partition coefficient (Wildman–Crippen LogP) is 0.215. The highest BCUT2D eigenvalue weighted by molar-refractivity contribution is 5.46. The summed E-state index contributed by atoms with van der Waals surface area (Å²) in [6.07, 6.45) is 3.85. The molecule has 0 amide bonds. The number of hydrogen-bond acceptors (Lipinski definition) is 6. The Morgan fingerprint density at radius 3 is 3.12 bits per heavy atom. The van der Waals surface area contributed by atoms with E-state index in [0.717, 1.165) is 5.56 Å². The maximum absolute atomic E-state index is 12.3. The molecule has 0 radical (unpaired) electrons. The number of aromatic amines is 1. The van der Waals surface area contributed by atoms with Crippen molar-refractivity contribution in [2.24, 2.45) is 0 Å². The number of hydrogen-bond donors (Lipinski definition) is 2. The molecule has 0 unspecified atom stereocenters. The summed E-state index contributed by atoms with van der Waals surface area (Å²) < 4.78 is 1.55. The Hall–Kier alpha value is -2.58. The van der Waals surface area contributed by atoms with Crippen LogP contribution in [0.15, 0.2) is 35.4 Å². The third kappa shape index (κ3) is 2.49. The van der Waals surface area contributed by atoms with E-state index in [-0.39, 0.29) is 5.56 Å². The van der Waals surface area contributed by atoms with Crippen LogP contribution in [0.2, 0.25) is 0 Å². The van der Waals surface area contributed by atoms with Crippen molar-refractivity contribution in [1.29, 1.82) is 0 Å². The summed E-state index contributed by atoms with van der Waals surface area (Å²) in [6, 6.07) is 5.33. The molecule has 8 nitrogen and oxygen atoms in total. The fraction of sp³-hybridized carbons (Fsp3) is 0.375. The van der Waals surface area contributed by atoms with Gasteiger partial charge in [-0.05, 0) is 25.0 Å². The molecule has 3 aromatic rings. The van der Waals surface area contributed by atoms with Gasteiger partial charge in [-0.1, -0.05) is 6.07 Å². The predicted molar refractivity (Wildman–Crippen MR) is 86.4 cm³/mol. The number of β-amino-alcohol motifs (C(OH)–C–C–N with tert-alkyl or cyclic N) is 1. The smallest absolute Gasteiger partial charge is 0.258 e. The Balaban J connectivity index is 1.60. The molecule has 2 N–H and O–H groups in total. The van der Waals surface area contributed by atoms with E-state index >= 15 is 0 Å². The zero-order chi connectivity index (χ0) is 16.7. The molecule has 0 aromatic carbocycles. The van der Waals surface area contributed by atoms with Gasteiger partial charge in [-0.3, -0.25) is 14.1 Å². The highest BCUT2D eigenvalue weighted by Crippen LogP contribution is 2.30. The topological polar surface area (TPSA) is 99.4 Å². The highest BCUT2D eigenvalue weighted by Gasteiger charge is 2.39. The van der Waals surface area contributed by atoms with Crippen LogP contribution in [0, 0.1) is 6.92 Å². The molecule has 4 rings (SSSR count). The fourth-order valence-electron chi connectivity index (χ4n) is 3.26. The highest BCUT2D eigenvalue weighted by atomic mass is 16.3. The third-order valence-electron chi connectivity index (χ3n) is 4.54.